The summed E-state index contributed by atoms with van der Waals surface area (Å²) in [5.74, 6) is -0.243. The number of hydrogen-bond donors (Lipinski definition) is 1. The predicted octanol–water partition coefficient (Wildman–Crippen LogP) is 4.19. The van der Waals surface area contributed by atoms with Gasteiger partial charge in [0.05, 0.1) is 24.5 Å². The van der Waals surface area contributed by atoms with Crippen molar-refractivity contribution in [2.45, 2.75) is 31.8 Å². The molecule has 1 amide bonds. The maximum Gasteiger partial charge on any atom is 0.420 e. The number of likely N-dealkylation sites (N-methyl/N-ethyl adjacent to an activating group) is 1. The van der Waals surface area contributed by atoms with Crippen molar-refractivity contribution in [3.8, 4) is 5.75 Å². The van der Waals surface area contributed by atoms with Crippen LogP contribution in [0.1, 0.15) is 35.6 Å². The zero-order valence-electron chi connectivity index (χ0n) is 20.5. The van der Waals surface area contributed by atoms with Crippen LogP contribution in [0.3, 0.4) is 0 Å². The fourth-order valence-corrected chi connectivity index (χ4v) is 5.00. The van der Waals surface area contributed by atoms with Crippen LogP contribution in [-0.2, 0) is 17.8 Å². The van der Waals surface area contributed by atoms with E-state index in [0.717, 1.165) is 36.3 Å². The lowest BCUT2D eigenvalue weighted by Crippen LogP contribution is -2.39. The van der Waals surface area contributed by atoms with Crippen LogP contribution >= 0.6 is 0 Å². The molecule has 0 aliphatic carbocycles. The summed E-state index contributed by atoms with van der Waals surface area (Å²) in [5, 5.41) is 10.1. The van der Waals surface area contributed by atoms with Crippen LogP contribution in [0, 0.1) is 0 Å². The molecule has 7 nitrogen and oxygen atoms in total. The minimum absolute atomic E-state index is 0.0256. The highest BCUT2D eigenvalue weighted by atomic mass is 16.4. The van der Waals surface area contributed by atoms with Gasteiger partial charge in [-0.3, -0.25) is 9.36 Å². The molecule has 186 valence electrons. The molecule has 3 aromatic carbocycles. The lowest BCUT2D eigenvalue weighted by Gasteiger charge is -2.32. The summed E-state index contributed by atoms with van der Waals surface area (Å²) in [5.41, 5.74) is 3.92. The Bertz CT molecular complexity index is 1400. The number of phenolic OH excluding ortho intramolecular Hbond substituents is 1. The van der Waals surface area contributed by atoms with E-state index in [1.54, 1.807) is 27.7 Å². The normalized spacial score (nSPS) is 14.8. The number of likely N-dealkylation sites (tertiary alicyclic amines) is 1. The molecule has 1 atom stereocenters. The highest BCUT2D eigenvalue weighted by molar-refractivity contribution is 5.81. The van der Waals surface area contributed by atoms with Gasteiger partial charge in [-0.05, 0) is 66.9 Å². The quantitative estimate of drug-likeness (QED) is 0.405. The molecule has 36 heavy (non-hydrogen) atoms. The number of oxazole rings is 1. The molecule has 0 bridgehead atoms. The van der Waals surface area contributed by atoms with Crippen molar-refractivity contribution in [1.82, 2.24) is 14.4 Å². The van der Waals surface area contributed by atoms with Crippen molar-refractivity contribution >= 4 is 17.0 Å². The summed E-state index contributed by atoms with van der Waals surface area (Å²) < 4.78 is 7.05. The molecular weight excluding hydrogens is 454 g/mol. The van der Waals surface area contributed by atoms with Crippen LogP contribution in [0.25, 0.3) is 11.1 Å². The zero-order valence-corrected chi connectivity index (χ0v) is 20.5. The van der Waals surface area contributed by atoms with E-state index >= 15 is 0 Å². The molecule has 0 radical (unpaired) electrons. The van der Waals surface area contributed by atoms with Gasteiger partial charge in [0, 0.05) is 13.6 Å². The average molecular weight is 486 g/mol. The molecular formula is C29H31N3O4. The Kier molecular flexibility index (Phi) is 6.91. The number of aromatic nitrogens is 1. The van der Waals surface area contributed by atoms with Crippen LogP contribution in [0.2, 0.25) is 0 Å². The number of amides is 1. The van der Waals surface area contributed by atoms with Gasteiger partial charge in [0.25, 0.3) is 0 Å². The van der Waals surface area contributed by atoms with Gasteiger partial charge in [0.15, 0.2) is 5.58 Å². The summed E-state index contributed by atoms with van der Waals surface area (Å²) in [6.07, 6.45) is 2.53. The SMILES string of the molecule is CN(C(=O)Cc1ccc2oc(=O)n(Cc3ccccc3)c2c1)C(CN1CCCC1)c1cccc(O)c1. The minimum atomic E-state index is -0.413. The van der Waals surface area contributed by atoms with Gasteiger partial charge in [-0.25, -0.2) is 4.79 Å². The molecule has 1 unspecified atom stereocenters. The molecule has 0 spiro atoms. The second-order valence-corrected chi connectivity index (χ2v) is 9.54. The van der Waals surface area contributed by atoms with Crippen LogP contribution in [0.15, 0.2) is 82.0 Å². The van der Waals surface area contributed by atoms with Gasteiger partial charge in [-0.15, -0.1) is 0 Å². The van der Waals surface area contributed by atoms with E-state index in [2.05, 4.69) is 4.90 Å². The highest BCUT2D eigenvalue weighted by Gasteiger charge is 2.26. The third-order valence-electron chi connectivity index (χ3n) is 7.02. The third kappa shape index (κ3) is 5.21. The molecule has 0 saturated carbocycles. The Morgan fingerprint density at radius 3 is 2.53 bits per heavy atom. The van der Waals surface area contributed by atoms with Crippen LogP contribution < -0.4 is 5.76 Å². The smallest absolute Gasteiger partial charge is 0.420 e. The Balaban J connectivity index is 1.38. The lowest BCUT2D eigenvalue weighted by molar-refractivity contribution is -0.131. The number of carbonyl (C=O) groups is 1. The van der Waals surface area contributed by atoms with Crippen LogP contribution in [-0.4, -0.2) is 52.1 Å². The molecule has 1 aliphatic heterocycles. The Hall–Kier alpha value is -3.84. The first-order chi connectivity index (χ1) is 17.5. The van der Waals surface area contributed by atoms with E-state index in [-0.39, 0.29) is 24.1 Å². The van der Waals surface area contributed by atoms with E-state index < -0.39 is 5.76 Å². The largest absolute Gasteiger partial charge is 0.508 e. The molecule has 4 aromatic rings. The standard InChI is InChI=1S/C29H31N3O4/c1-30(26(20-31-14-5-6-15-31)23-10-7-11-24(33)18-23)28(34)17-22-12-13-27-25(16-22)32(29(35)36-27)19-21-8-3-2-4-9-21/h2-4,7-13,16,18,26,33H,5-6,14-15,17,19-20H2,1H3. The van der Waals surface area contributed by atoms with Crippen molar-refractivity contribution in [2.75, 3.05) is 26.7 Å². The van der Waals surface area contributed by atoms with E-state index in [1.807, 2.05) is 61.6 Å². The maximum absolute atomic E-state index is 13.5. The average Bonchev–Trinajstić information content (AvgIpc) is 3.50. The van der Waals surface area contributed by atoms with Crippen molar-refractivity contribution in [3.63, 3.8) is 0 Å². The first kappa shape index (κ1) is 23.9. The maximum atomic E-state index is 13.5. The monoisotopic (exact) mass is 485 g/mol. The summed E-state index contributed by atoms with van der Waals surface area (Å²) >= 11 is 0. The topological polar surface area (TPSA) is 78.9 Å². The molecule has 1 fully saturated rings. The number of benzene rings is 3. The minimum Gasteiger partial charge on any atom is -0.508 e. The van der Waals surface area contributed by atoms with Gasteiger partial charge in [-0.2, -0.15) is 0 Å². The second-order valence-electron chi connectivity index (χ2n) is 9.54. The number of phenols is 1. The number of fused-ring (bicyclic) bond motifs is 1. The van der Waals surface area contributed by atoms with E-state index in [9.17, 15) is 14.7 Å². The number of nitrogens with zero attached hydrogens (tertiary/aromatic N) is 3. The van der Waals surface area contributed by atoms with E-state index in [1.165, 1.54) is 12.8 Å². The molecule has 1 aliphatic rings. The van der Waals surface area contributed by atoms with Crippen LogP contribution in [0.5, 0.6) is 5.75 Å². The summed E-state index contributed by atoms with van der Waals surface area (Å²) in [6.45, 7) is 3.17. The number of carbonyl (C=O) groups excluding carboxylic acids is 1. The Morgan fingerprint density at radius 2 is 1.78 bits per heavy atom. The highest BCUT2D eigenvalue weighted by Crippen LogP contribution is 2.26. The Labute approximate surface area is 210 Å². The van der Waals surface area contributed by atoms with Crippen molar-refractivity contribution < 1.29 is 14.3 Å². The lowest BCUT2D eigenvalue weighted by atomic mass is 10.0. The summed E-state index contributed by atoms with van der Waals surface area (Å²) in [4.78, 5) is 30.1. The zero-order chi connectivity index (χ0) is 25.1. The van der Waals surface area contributed by atoms with E-state index in [0.29, 0.717) is 17.6 Å². The molecule has 7 heteroatoms. The van der Waals surface area contributed by atoms with Gasteiger partial charge in [-0.1, -0.05) is 48.5 Å². The fourth-order valence-electron chi connectivity index (χ4n) is 5.00. The Morgan fingerprint density at radius 1 is 1.00 bits per heavy atom. The first-order valence-corrected chi connectivity index (χ1v) is 12.4. The summed E-state index contributed by atoms with van der Waals surface area (Å²) in [6, 6.07) is 22.2. The van der Waals surface area contributed by atoms with Crippen LogP contribution in [0.4, 0.5) is 0 Å². The van der Waals surface area contributed by atoms with Crippen molar-refractivity contribution in [2.24, 2.45) is 0 Å². The second kappa shape index (κ2) is 10.4. The van der Waals surface area contributed by atoms with Crippen molar-refractivity contribution in [1.29, 1.82) is 0 Å². The van der Waals surface area contributed by atoms with E-state index in [4.69, 9.17) is 4.42 Å². The first-order valence-electron chi connectivity index (χ1n) is 12.4. The molecule has 5 rings (SSSR count). The number of hydrogen-bond acceptors (Lipinski definition) is 5. The molecule has 1 aromatic heterocycles. The van der Waals surface area contributed by atoms with Gasteiger partial charge in [0.1, 0.15) is 5.75 Å². The number of rotatable bonds is 8. The molecule has 1 N–H and O–H groups in total. The predicted molar refractivity (Wildman–Crippen MR) is 139 cm³/mol. The van der Waals surface area contributed by atoms with Gasteiger partial charge >= 0.3 is 5.76 Å². The number of aromatic hydroxyl groups is 1. The third-order valence-corrected chi connectivity index (χ3v) is 7.02. The molecule has 1 saturated heterocycles. The summed E-state index contributed by atoms with van der Waals surface area (Å²) in [7, 11) is 1.83. The van der Waals surface area contributed by atoms with Gasteiger partial charge in [0.2, 0.25) is 5.91 Å². The van der Waals surface area contributed by atoms with Crippen molar-refractivity contribution in [3.05, 3.63) is 100 Å². The molecule has 2 heterocycles. The fraction of sp³-hybridized carbons (Fsp3) is 0.310. The van der Waals surface area contributed by atoms with Gasteiger partial charge < -0.3 is 19.3 Å².